The second-order valence-corrected chi connectivity index (χ2v) is 10.3. The van der Waals surface area contributed by atoms with E-state index in [0.717, 1.165) is 50.2 Å². The molecule has 5 rings (SSSR count). The summed E-state index contributed by atoms with van der Waals surface area (Å²) in [5, 5.41) is 0. The maximum absolute atomic E-state index is 13.9. The van der Waals surface area contributed by atoms with Gasteiger partial charge in [-0.15, -0.1) is 11.3 Å². The van der Waals surface area contributed by atoms with Crippen LogP contribution in [0.25, 0.3) is 10.2 Å². The number of carbonyl (C=O) groups excluding carboxylic acids is 2. The number of nitrogens with one attached hydrogen (secondary N) is 1. The number of hydrogen-bond acceptors (Lipinski definition) is 4. The van der Waals surface area contributed by atoms with Crippen LogP contribution in [0.4, 0.5) is 0 Å². The van der Waals surface area contributed by atoms with Crippen molar-refractivity contribution in [3.8, 4) is 0 Å². The van der Waals surface area contributed by atoms with E-state index in [1.807, 2.05) is 11.0 Å². The maximum atomic E-state index is 13.9. The van der Waals surface area contributed by atoms with Crippen molar-refractivity contribution in [1.29, 1.82) is 0 Å². The normalized spacial score (nSPS) is 19.4. The first kappa shape index (κ1) is 21.2. The lowest BCUT2D eigenvalue weighted by atomic mass is 9.74. The number of fused-ring (bicyclic) bond motifs is 1. The van der Waals surface area contributed by atoms with Crippen molar-refractivity contribution < 1.29 is 9.59 Å². The molecule has 0 radical (unpaired) electrons. The number of carbonyl (C=O) groups is 2. The Morgan fingerprint density at radius 2 is 1.78 bits per heavy atom. The van der Waals surface area contributed by atoms with Crippen molar-refractivity contribution in [2.24, 2.45) is 0 Å². The van der Waals surface area contributed by atoms with E-state index in [-0.39, 0.29) is 5.91 Å². The number of piperazine rings is 1. The lowest BCUT2D eigenvalue weighted by Crippen LogP contribution is -2.57. The zero-order valence-corrected chi connectivity index (χ0v) is 19.4. The van der Waals surface area contributed by atoms with Gasteiger partial charge in [-0.2, -0.15) is 0 Å². The summed E-state index contributed by atoms with van der Waals surface area (Å²) in [4.78, 5) is 36.2. The number of aromatic nitrogens is 1. The molecule has 2 saturated heterocycles. The molecule has 2 aliphatic rings. The van der Waals surface area contributed by atoms with E-state index in [2.05, 4.69) is 53.3 Å². The number of H-pyrrole nitrogens is 1. The van der Waals surface area contributed by atoms with Crippen LogP contribution in [0.5, 0.6) is 0 Å². The Balaban J connectivity index is 1.43. The molecule has 0 saturated carbocycles. The molecule has 0 aliphatic carbocycles. The fourth-order valence-electron chi connectivity index (χ4n) is 5.04. The van der Waals surface area contributed by atoms with Gasteiger partial charge in [0.1, 0.15) is 0 Å². The zero-order valence-electron chi connectivity index (χ0n) is 18.5. The van der Waals surface area contributed by atoms with E-state index in [1.54, 1.807) is 16.2 Å². The Morgan fingerprint density at radius 1 is 1.06 bits per heavy atom. The van der Waals surface area contributed by atoms with Crippen molar-refractivity contribution in [1.82, 2.24) is 19.7 Å². The van der Waals surface area contributed by atoms with Crippen LogP contribution in [-0.4, -0.2) is 78.3 Å². The first-order valence-electron chi connectivity index (χ1n) is 11.4. The number of aromatic amines is 1. The SMILES string of the molecule is CN1CCN(C(=O)C2(c3cc4sc(Cc5ccccc5)cc4[nH]3)CCN(C=O)CC2)CC1. The van der Waals surface area contributed by atoms with Crippen molar-refractivity contribution in [2.45, 2.75) is 24.7 Å². The largest absolute Gasteiger partial charge is 0.357 e. The van der Waals surface area contributed by atoms with Gasteiger partial charge in [0.2, 0.25) is 12.3 Å². The average molecular weight is 451 g/mol. The minimum atomic E-state index is -0.576. The minimum absolute atomic E-state index is 0.217. The van der Waals surface area contributed by atoms with Gasteiger partial charge in [0, 0.05) is 56.3 Å². The number of thiophene rings is 1. The van der Waals surface area contributed by atoms with Gasteiger partial charge in [0.05, 0.1) is 15.6 Å². The van der Waals surface area contributed by atoms with Crippen molar-refractivity contribution in [3.05, 3.63) is 58.6 Å². The molecule has 0 atom stereocenters. The summed E-state index contributed by atoms with van der Waals surface area (Å²) in [6, 6.07) is 14.9. The Hall–Kier alpha value is -2.64. The molecule has 2 aromatic heterocycles. The summed E-state index contributed by atoms with van der Waals surface area (Å²) >= 11 is 1.80. The van der Waals surface area contributed by atoms with Crippen molar-refractivity contribution in [2.75, 3.05) is 46.3 Å². The molecular weight excluding hydrogens is 420 g/mol. The third-order valence-corrected chi connectivity index (χ3v) is 8.18. The molecule has 6 nitrogen and oxygen atoms in total. The molecule has 0 unspecified atom stereocenters. The molecule has 0 bridgehead atoms. The monoisotopic (exact) mass is 450 g/mol. The van der Waals surface area contributed by atoms with Crippen molar-refractivity contribution >= 4 is 33.9 Å². The fourth-order valence-corrected chi connectivity index (χ4v) is 6.13. The van der Waals surface area contributed by atoms with Gasteiger partial charge in [0.15, 0.2) is 0 Å². The standard InChI is InChI=1S/C25H30N4O2S/c1-27-11-13-29(14-12-27)24(31)25(7-9-28(18-30)10-8-25)23-17-22-21(26-23)16-20(32-22)15-19-5-3-2-4-6-19/h2-6,16-18,26H,7-15H2,1H3. The smallest absolute Gasteiger partial charge is 0.234 e. The highest BCUT2D eigenvalue weighted by molar-refractivity contribution is 7.19. The molecule has 1 aromatic carbocycles. The van der Waals surface area contributed by atoms with E-state index in [0.29, 0.717) is 25.9 Å². The molecular formula is C25H30N4O2S. The Morgan fingerprint density at radius 3 is 2.44 bits per heavy atom. The molecule has 2 fully saturated rings. The van der Waals surface area contributed by atoms with Crippen LogP contribution < -0.4 is 0 Å². The third kappa shape index (κ3) is 3.95. The number of amides is 2. The van der Waals surface area contributed by atoms with Crippen molar-refractivity contribution in [3.63, 3.8) is 0 Å². The Bertz CT molecular complexity index is 1060. The number of rotatable bonds is 5. The quantitative estimate of drug-likeness (QED) is 0.608. The number of hydrogen-bond donors (Lipinski definition) is 1. The first-order chi connectivity index (χ1) is 15.6. The average Bonchev–Trinajstić information content (AvgIpc) is 3.39. The lowest BCUT2D eigenvalue weighted by Gasteiger charge is -2.43. The predicted molar refractivity (Wildman–Crippen MR) is 128 cm³/mol. The van der Waals surface area contributed by atoms with Crippen LogP contribution >= 0.6 is 11.3 Å². The fraction of sp³-hybridized carbons (Fsp3) is 0.440. The van der Waals surface area contributed by atoms with Gasteiger partial charge in [-0.25, -0.2) is 0 Å². The highest BCUT2D eigenvalue weighted by atomic mass is 32.1. The summed E-state index contributed by atoms with van der Waals surface area (Å²) in [7, 11) is 2.10. The van der Waals surface area contributed by atoms with Gasteiger partial charge in [-0.1, -0.05) is 30.3 Å². The second-order valence-electron chi connectivity index (χ2n) is 9.15. The summed E-state index contributed by atoms with van der Waals surface area (Å²) in [5.74, 6) is 0.217. The molecule has 32 heavy (non-hydrogen) atoms. The molecule has 3 aromatic rings. The minimum Gasteiger partial charge on any atom is -0.357 e. The van der Waals surface area contributed by atoms with E-state index in [1.165, 1.54) is 15.1 Å². The highest BCUT2D eigenvalue weighted by Gasteiger charge is 2.46. The second kappa shape index (κ2) is 8.71. The van der Waals surface area contributed by atoms with Gasteiger partial charge >= 0.3 is 0 Å². The van der Waals surface area contributed by atoms with Crippen LogP contribution in [0.15, 0.2) is 42.5 Å². The predicted octanol–water partition coefficient (Wildman–Crippen LogP) is 3.08. The van der Waals surface area contributed by atoms with Crippen LogP contribution in [-0.2, 0) is 21.4 Å². The summed E-state index contributed by atoms with van der Waals surface area (Å²) in [6.45, 7) is 4.59. The molecule has 168 valence electrons. The first-order valence-corrected chi connectivity index (χ1v) is 12.2. The van der Waals surface area contributed by atoms with E-state index < -0.39 is 5.41 Å². The number of nitrogens with zero attached hydrogens (tertiary/aromatic N) is 3. The molecule has 1 N–H and O–H groups in total. The lowest BCUT2D eigenvalue weighted by molar-refractivity contribution is -0.142. The molecule has 7 heteroatoms. The molecule has 0 spiro atoms. The number of piperidine rings is 1. The highest BCUT2D eigenvalue weighted by Crippen LogP contribution is 2.40. The topological polar surface area (TPSA) is 59.7 Å². The molecule has 4 heterocycles. The van der Waals surface area contributed by atoms with Gasteiger partial charge < -0.3 is 19.7 Å². The van der Waals surface area contributed by atoms with Crippen LogP contribution in [0.3, 0.4) is 0 Å². The summed E-state index contributed by atoms with van der Waals surface area (Å²) in [5.41, 5.74) is 2.85. The van der Waals surface area contributed by atoms with E-state index >= 15 is 0 Å². The number of likely N-dealkylation sites (N-methyl/N-ethyl adjacent to an activating group) is 1. The zero-order chi connectivity index (χ0) is 22.1. The number of likely N-dealkylation sites (tertiary alicyclic amines) is 1. The third-order valence-electron chi connectivity index (χ3n) is 7.09. The Kier molecular flexibility index (Phi) is 5.78. The summed E-state index contributed by atoms with van der Waals surface area (Å²) in [6.07, 6.45) is 3.17. The maximum Gasteiger partial charge on any atom is 0.234 e. The van der Waals surface area contributed by atoms with Crippen LogP contribution in [0, 0.1) is 0 Å². The van der Waals surface area contributed by atoms with Gasteiger partial charge in [-0.3, -0.25) is 9.59 Å². The number of benzene rings is 1. The van der Waals surface area contributed by atoms with Crippen LogP contribution in [0.2, 0.25) is 0 Å². The van der Waals surface area contributed by atoms with Gasteiger partial charge in [-0.05, 0) is 37.6 Å². The molecule has 2 amide bonds. The van der Waals surface area contributed by atoms with Gasteiger partial charge in [0.25, 0.3) is 0 Å². The van der Waals surface area contributed by atoms with Crippen LogP contribution in [0.1, 0.15) is 29.0 Å². The molecule has 2 aliphatic heterocycles. The summed E-state index contributed by atoms with van der Waals surface area (Å²) < 4.78 is 1.20. The van der Waals surface area contributed by atoms with E-state index in [4.69, 9.17) is 0 Å². The van der Waals surface area contributed by atoms with E-state index in [9.17, 15) is 9.59 Å². The Labute approximate surface area is 192 Å².